The molecule has 0 saturated carbocycles. The first-order valence-corrected chi connectivity index (χ1v) is 21.9. The molecule has 6 rings (SSSR count). The van der Waals surface area contributed by atoms with E-state index in [2.05, 4.69) is 41.5 Å². The third-order valence-corrected chi connectivity index (χ3v) is 15.1. The van der Waals surface area contributed by atoms with Crippen molar-refractivity contribution in [3.63, 3.8) is 0 Å². The predicted octanol–water partition coefficient (Wildman–Crippen LogP) is 7.99. The maximum absolute atomic E-state index is 12.7. The highest BCUT2D eigenvalue weighted by Crippen LogP contribution is 2.55. The average Bonchev–Trinajstić information content (AvgIpc) is 3.92. The molecule has 328 valence electrons. The van der Waals surface area contributed by atoms with E-state index >= 15 is 0 Å². The topological polar surface area (TPSA) is 137 Å². The number of hydrogen-bond acceptors (Lipinski definition) is 11. The summed E-state index contributed by atoms with van der Waals surface area (Å²) in [5.41, 5.74) is -0.173. The van der Waals surface area contributed by atoms with Crippen molar-refractivity contribution in [3.8, 4) is 0 Å². The fourth-order valence-electron chi connectivity index (χ4n) is 11.4. The number of benzene rings is 1. The first-order chi connectivity index (χ1) is 27.4. The summed E-state index contributed by atoms with van der Waals surface area (Å²) in [6.45, 7) is 16.9. The van der Waals surface area contributed by atoms with E-state index < -0.39 is 46.9 Å². The standard InChI is InChI=1S/C45H69ClO12/c1-12-43(39-26(3)22-33(54-39)36-25(2)21-27(4)45(52-11,57-36)41(48)49)18-17-35(55-43)42(8)19-20-44(58-42)23-34(53-24-31-13-15-32(46)16-14-31)28(5)38(56-44)29(6)37(50-9)30(7)40(47)51-10/h13-16,25-30,33-39H,12,17-24H2,1-11H3,(H,48,49)/t25-,26-,27+,28+,29-,30-,33+,34-,35+,36-,37+,38-,39+,42-,43-,44+,45+/m0/s1. The Morgan fingerprint density at radius 1 is 0.966 bits per heavy atom. The number of hydrogen-bond donors (Lipinski definition) is 1. The second kappa shape index (κ2) is 17.8. The third kappa shape index (κ3) is 8.49. The Balaban J connectivity index is 1.20. The quantitative estimate of drug-likeness (QED) is 0.182. The monoisotopic (exact) mass is 836 g/mol. The molecular formula is C45H69ClO12. The van der Waals surface area contributed by atoms with Crippen LogP contribution in [0, 0.1) is 35.5 Å². The van der Waals surface area contributed by atoms with Crippen LogP contribution in [0.25, 0.3) is 0 Å². The molecule has 0 bridgehead atoms. The molecule has 5 fully saturated rings. The summed E-state index contributed by atoms with van der Waals surface area (Å²) in [5.74, 6) is -4.89. The number of methoxy groups -OCH3 is 3. The molecule has 5 aliphatic heterocycles. The number of carbonyl (C=O) groups excluding carboxylic acids is 1. The van der Waals surface area contributed by atoms with Crippen LogP contribution in [0.3, 0.4) is 0 Å². The smallest absolute Gasteiger partial charge is 0.364 e. The molecule has 1 spiro atoms. The van der Waals surface area contributed by atoms with Crippen molar-refractivity contribution >= 4 is 23.5 Å². The van der Waals surface area contributed by atoms with E-state index in [1.54, 1.807) is 7.11 Å². The largest absolute Gasteiger partial charge is 0.477 e. The Kier molecular flexibility index (Phi) is 14.0. The molecular weight excluding hydrogens is 768 g/mol. The molecule has 1 aromatic rings. The number of carboxylic acids is 1. The van der Waals surface area contributed by atoms with Crippen LogP contribution in [-0.2, 0) is 58.8 Å². The molecule has 0 aromatic heterocycles. The highest BCUT2D eigenvalue weighted by atomic mass is 35.5. The summed E-state index contributed by atoms with van der Waals surface area (Å²) in [7, 11) is 4.43. The SMILES string of the molecule is CC[C@@]1([C@@H]2O[C@@H]([C@H]3O[C@@](OC)(C(=O)O)[C@H](C)C[C@@H]3C)C[C@@H]2C)CC[C@H]([C@]2(C)CC[C@]3(C[C@H](OCc4ccc(Cl)cc4)[C@@H](C)[C@@H]([C@@H](C)[C@@H](OC)[C@H](C)C(=O)OC)O3)O2)O1. The number of halogens is 1. The highest BCUT2D eigenvalue weighted by Gasteiger charge is 2.63. The minimum atomic E-state index is -1.70. The van der Waals surface area contributed by atoms with Gasteiger partial charge in [-0.25, -0.2) is 4.79 Å². The lowest BCUT2D eigenvalue weighted by atomic mass is 9.78. The maximum atomic E-state index is 12.7. The molecule has 5 aliphatic rings. The van der Waals surface area contributed by atoms with Crippen LogP contribution in [-0.4, -0.2) is 104 Å². The van der Waals surface area contributed by atoms with Crippen LogP contribution in [0.15, 0.2) is 24.3 Å². The maximum Gasteiger partial charge on any atom is 0.364 e. The number of rotatable bonds is 14. The summed E-state index contributed by atoms with van der Waals surface area (Å²) in [6.07, 6.45) is 3.54. The Morgan fingerprint density at radius 3 is 2.29 bits per heavy atom. The fraction of sp³-hybridized carbons (Fsp3) is 0.822. The van der Waals surface area contributed by atoms with Gasteiger partial charge in [0.1, 0.15) is 0 Å². The molecule has 0 aliphatic carbocycles. The Hall–Kier alpha value is -1.87. The first-order valence-electron chi connectivity index (χ1n) is 21.5. The van der Waals surface area contributed by atoms with Crippen molar-refractivity contribution < 1.29 is 57.3 Å². The molecule has 0 unspecified atom stereocenters. The van der Waals surface area contributed by atoms with E-state index in [1.165, 1.54) is 14.2 Å². The van der Waals surface area contributed by atoms with E-state index in [9.17, 15) is 14.7 Å². The fourth-order valence-corrected chi connectivity index (χ4v) is 11.5. The Labute approximate surface area is 350 Å². The minimum Gasteiger partial charge on any atom is -0.477 e. The Morgan fingerprint density at radius 2 is 1.67 bits per heavy atom. The molecule has 17 atom stereocenters. The summed E-state index contributed by atoms with van der Waals surface area (Å²) in [4.78, 5) is 25.2. The van der Waals surface area contributed by atoms with Gasteiger partial charge in [-0.1, -0.05) is 65.3 Å². The Bertz CT molecular complexity index is 1580. The summed E-state index contributed by atoms with van der Waals surface area (Å²) < 4.78 is 58.3. The van der Waals surface area contributed by atoms with Crippen molar-refractivity contribution in [2.24, 2.45) is 35.5 Å². The van der Waals surface area contributed by atoms with Crippen molar-refractivity contribution in [2.75, 3.05) is 21.3 Å². The lowest BCUT2D eigenvalue weighted by Crippen LogP contribution is -2.59. The molecule has 1 aromatic carbocycles. The molecule has 5 saturated heterocycles. The van der Waals surface area contributed by atoms with E-state index in [0.29, 0.717) is 30.9 Å². The van der Waals surface area contributed by atoms with Crippen LogP contribution < -0.4 is 0 Å². The van der Waals surface area contributed by atoms with Gasteiger partial charge in [0.15, 0.2) is 5.79 Å². The van der Waals surface area contributed by atoms with E-state index in [4.69, 9.17) is 54.2 Å². The highest BCUT2D eigenvalue weighted by molar-refractivity contribution is 6.30. The summed E-state index contributed by atoms with van der Waals surface area (Å²) in [5, 5.41) is 10.9. The molecule has 1 N–H and O–H groups in total. The zero-order chi connectivity index (χ0) is 42.4. The van der Waals surface area contributed by atoms with Gasteiger partial charge in [-0.2, -0.15) is 0 Å². The van der Waals surface area contributed by atoms with Gasteiger partial charge in [-0.15, -0.1) is 0 Å². The zero-order valence-electron chi connectivity index (χ0n) is 36.5. The van der Waals surface area contributed by atoms with Gasteiger partial charge < -0.3 is 47.7 Å². The van der Waals surface area contributed by atoms with Crippen LogP contribution in [0.5, 0.6) is 0 Å². The van der Waals surface area contributed by atoms with Crippen LogP contribution in [0.1, 0.15) is 112 Å². The van der Waals surface area contributed by atoms with Gasteiger partial charge in [-0.05, 0) is 81.9 Å². The van der Waals surface area contributed by atoms with Crippen molar-refractivity contribution in [1.29, 1.82) is 0 Å². The van der Waals surface area contributed by atoms with Gasteiger partial charge in [-0.3, -0.25) is 4.79 Å². The molecule has 13 heteroatoms. The van der Waals surface area contributed by atoms with E-state index in [-0.39, 0.29) is 66.1 Å². The van der Waals surface area contributed by atoms with Gasteiger partial charge in [0.05, 0.1) is 73.6 Å². The minimum absolute atomic E-state index is 0.0427. The second-order valence-electron chi connectivity index (χ2n) is 18.6. The molecule has 0 radical (unpaired) electrons. The lowest BCUT2D eigenvalue weighted by Gasteiger charge is -2.50. The van der Waals surface area contributed by atoms with Crippen LogP contribution >= 0.6 is 11.6 Å². The summed E-state index contributed by atoms with van der Waals surface area (Å²) >= 11 is 6.18. The third-order valence-electron chi connectivity index (χ3n) is 14.8. The van der Waals surface area contributed by atoms with Crippen molar-refractivity contribution in [2.45, 2.75) is 179 Å². The molecule has 0 amide bonds. The molecule has 5 heterocycles. The van der Waals surface area contributed by atoms with Crippen LogP contribution in [0.2, 0.25) is 5.02 Å². The number of aliphatic carboxylic acids is 1. The van der Waals surface area contributed by atoms with Crippen molar-refractivity contribution in [3.05, 3.63) is 34.9 Å². The number of carbonyl (C=O) groups is 2. The van der Waals surface area contributed by atoms with E-state index in [0.717, 1.165) is 37.7 Å². The van der Waals surface area contributed by atoms with E-state index in [1.807, 2.05) is 38.1 Å². The van der Waals surface area contributed by atoms with Gasteiger partial charge in [0.25, 0.3) is 5.79 Å². The normalized spacial score (nSPS) is 43.3. The number of carboxylic acid groups (broad SMARTS) is 1. The number of ether oxygens (including phenoxy) is 9. The van der Waals surface area contributed by atoms with Crippen molar-refractivity contribution in [1.82, 2.24) is 0 Å². The molecule has 12 nitrogen and oxygen atoms in total. The summed E-state index contributed by atoms with van der Waals surface area (Å²) in [6, 6.07) is 7.69. The molecule has 58 heavy (non-hydrogen) atoms. The van der Waals surface area contributed by atoms with Gasteiger partial charge in [0, 0.05) is 49.8 Å². The lowest BCUT2D eigenvalue weighted by molar-refractivity contribution is -0.339. The zero-order valence-corrected chi connectivity index (χ0v) is 37.3. The number of esters is 1. The van der Waals surface area contributed by atoms with Gasteiger partial charge in [0.2, 0.25) is 0 Å². The second-order valence-corrected chi connectivity index (χ2v) is 19.0. The predicted molar refractivity (Wildman–Crippen MR) is 216 cm³/mol. The first kappa shape index (κ1) is 45.7. The average molecular weight is 837 g/mol. The van der Waals surface area contributed by atoms with Gasteiger partial charge >= 0.3 is 11.9 Å². The van der Waals surface area contributed by atoms with Crippen LogP contribution in [0.4, 0.5) is 0 Å².